The van der Waals surface area contributed by atoms with Gasteiger partial charge in [0.25, 0.3) is 5.91 Å². The second-order valence-electron chi connectivity index (χ2n) is 8.11. The number of carbonyl (C=O) groups excluding carboxylic acids is 1. The maximum atomic E-state index is 13.4. The molecule has 4 aromatic rings. The van der Waals surface area contributed by atoms with Crippen LogP contribution in [0.4, 0.5) is 10.1 Å². The molecule has 2 aromatic heterocycles. The van der Waals surface area contributed by atoms with Crippen LogP contribution in [0.1, 0.15) is 27.3 Å². The van der Waals surface area contributed by atoms with Crippen LogP contribution in [0.15, 0.2) is 85.1 Å². The number of aromatic nitrogens is 2. The molecule has 4 rings (SSSR count). The van der Waals surface area contributed by atoms with Crippen LogP contribution in [0.2, 0.25) is 0 Å². The van der Waals surface area contributed by atoms with Crippen molar-refractivity contribution in [1.29, 1.82) is 0 Å². The highest BCUT2D eigenvalue weighted by atomic mass is 19.1. The summed E-state index contributed by atoms with van der Waals surface area (Å²) in [6, 6.07) is 23.8. The van der Waals surface area contributed by atoms with Gasteiger partial charge >= 0.3 is 0 Å². The van der Waals surface area contributed by atoms with Crippen molar-refractivity contribution in [3.8, 4) is 11.3 Å². The average molecular weight is 470 g/mol. The Morgan fingerprint density at radius 2 is 1.71 bits per heavy atom. The number of para-hydroxylation sites is 1. The molecule has 4 N–H and O–H groups in total. The van der Waals surface area contributed by atoms with Crippen molar-refractivity contribution in [2.45, 2.75) is 19.4 Å². The Bertz CT molecular complexity index is 1280. The Balaban J connectivity index is 1.34. The van der Waals surface area contributed by atoms with Crippen LogP contribution in [-0.2, 0) is 19.4 Å². The highest BCUT2D eigenvalue weighted by molar-refractivity contribution is 5.94. The van der Waals surface area contributed by atoms with Crippen LogP contribution in [-0.4, -0.2) is 29.0 Å². The van der Waals surface area contributed by atoms with E-state index in [4.69, 9.17) is 5.73 Å². The van der Waals surface area contributed by atoms with Gasteiger partial charge in [-0.15, -0.1) is 0 Å². The van der Waals surface area contributed by atoms with Crippen molar-refractivity contribution in [2.75, 3.05) is 18.4 Å². The van der Waals surface area contributed by atoms with Crippen LogP contribution < -0.4 is 16.4 Å². The Morgan fingerprint density at radius 1 is 0.886 bits per heavy atom. The summed E-state index contributed by atoms with van der Waals surface area (Å²) in [5, 5.41) is 6.33. The van der Waals surface area contributed by atoms with Gasteiger partial charge in [0, 0.05) is 49.2 Å². The highest BCUT2D eigenvalue weighted by Crippen LogP contribution is 2.26. The number of anilines is 1. The number of carbonyl (C=O) groups is 1. The molecule has 0 aliphatic rings. The van der Waals surface area contributed by atoms with Gasteiger partial charge in [0.05, 0.1) is 17.0 Å². The molecule has 6 nitrogen and oxygen atoms in total. The van der Waals surface area contributed by atoms with E-state index in [2.05, 4.69) is 20.6 Å². The third-order valence-corrected chi connectivity index (χ3v) is 5.59. The third kappa shape index (κ3) is 6.71. The van der Waals surface area contributed by atoms with Crippen LogP contribution in [0, 0.1) is 5.82 Å². The minimum Gasteiger partial charge on any atom is -0.384 e. The number of hydrogen-bond donors (Lipinski definition) is 3. The van der Waals surface area contributed by atoms with Gasteiger partial charge in [-0.2, -0.15) is 0 Å². The van der Waals surface area contributed by atoms with E-state index < -0.39 is 0 Å². The summed E-state index contributed by atoms with van der Waals surface area (Å²) in [5.74, 6) is -0.408. The number of nitrogens with one attached hydrogen (secondary N) is 2. The summed E-state index contributed by atoms with van der Waals surface area (Å²) in [6.45, 7) is 1.52. The zero-order chi connectivity index (χ0) is 24.5. The van der Waals surface area contributed by atoms with E-state index in [0.29, 0.717) is 38.0 Å². The van der Waals surface area contributed by atoms with Gasteiger partial charge in [-0.25, -0.2) is 4.39 Å². The van der Waals surface area contributed by atoms with E-state index in [1.807, 2.05) is 54.6 Å². The lowest BCUT2D eigenvalue weighted by molar-refractivity contribution is 0.0953. The molecule has 0 bridgehead atoms. The normalized spacial score (nSPS) is 10.7. The molecule has 2 aromatic carbocycles. The Hall–Kier alpha value is -4.10. The molecule has 7 heteroatoms. The number of amides is 1. The van der Waals surface area contributed by atoms with Gasteiger partial charge in [0.1, 0.15) is 5.82 Å². The van der Waals surface area contributed by atoms with Crippen LogP contribution >= 0.6 is 0 Å². The molecule has 0 aliphatic heterocycles. The van der Waals surface area contributed by atoms with E-state index >= 15 is 0 Å². The van der Waals surface area contributed by atoms with Gasteiger partial charge in [-0.1, -0.05) is 36.4 Å². The molecule has 0 atom stereocenters. The number of hydrogen-bond acceptors (Lipinski definition) is 5. The molecule has 0 fully saturated rings. The summed E-state index contributed by atoms with van der Waals surface area (Å²) < 4.78 is 13.4. The molecule has 0 radical (unpaired) electrons. The predicted molar refractivity (Wildman–Crippen MR) is 136 cm³/mol. The number of benzene rings is 2. The van der Waals surface area contributed by atoms with Crippen LogP contribution in [0.25, 0.3) is 11.3 Å². The predicted octanol–water partition coefficient (Wildman–Crippen LogP) is 4.37. The van der Waals surface area contributed by atoms with E-state index in [-0.39, 0.29) is 11.7 Å². The summed E-state index contributed by atoms with van der Waals surface area (Å²) in [5.41, 5.74) is 11.4. The SMILES string of the molecule is NCc1cccc(CCNC(=O)c2ccc(-c3ccccc3NCCc3cccc(F)c3)nc2)n1. The number of halogens is 1. The first-order valence-corrected chi connectivity index (χ1v) is 11.6. The van der Waals surface area contributed by atoms with E-state index in [1.165, 1.54) is 6.07 Å². The topological polar surface area (TPSA) is 92.9 Å². The number of rotatable bonds is 10. The first-order valence-electron chi connectivity index (χ1n) is 11.6. The monoisotopic (exact) mass is 469 g/mol. The molecule has 35 heavy (non-hydrogen) atoms. The molecular weight excluding hydrogens is 441 g/mol. The van der Waals surface area contributed by atoms with Gasteiger partial charge in [-0.3, -0.25) is 14.8 Å². The van der Waals surface area contributed by atoms with E-state index in [0.717, 1.165) is 33.9 Å². The van der Waals surface area contributed by atoms with Crippen molar-refractivity contribution in [2.24, 2.45) is 5.73 Å². The van der Waals surface area contributed by atoms with Crippen molar-refractivity contribution < 1.29 is 9.18 Å². The molecule has 0 saturated carbocycles. The standard InChI is InChI=1S/C28H28FN5O/c29-22-6-3-5-20(17-22)13-15-31-26-10-2-1-9-25(26)27-12-11-21(19-33-27)28(35)32-16-14-23-7-4-8-24(18-30)34-23/h1-12,17,19,31H,13-16,18,30H2,(H,32,35). The quantitative estimate of drug-likeness (QED) is 0.321. The average Bonchev–Trinajstić information content (AvgIpc) is 2.89. The molecular formula is C28H28FN5O. The summed E-state index contributed by atoms with van der Waals surface area (Å²) in [6.07, 6.45) is 2.91. The Kier molecular flexibility index (Phi) is 8.14. The summed E-state index contributed by atoms with van der Waals surface area (Å²) in [7, 11) is 0. The van der Waals surface area contributed by atoms with Gasteiger partial charge in [0.15, 0.2) is 0 Å². The van der Waals surface area contributed by atoms with Gasteiger partial charge < -0.3 is 16.4 Å². The second-order valence-corrected chi connectivity index (χ2v) is 8.11. The maximum absolute atomic E-state index is 13.4. The molecule has 0 unspecified atom stereocenters. The van der Waals surface area contributed by atoms with Crippen molar-refractivity contribution in [1.82, 2.24) is 15.3 Å². The number of pyridine rings is 2. The fourth-order valence-electron chi connectivity index (χ4n) is 3.77. The first kappa shape index (κ1) is 24.0. The molecule has 0 aliphatic carbocycles. The van der Waals surface area contributed by atoms with E-state index in [1.54, 1.807) is 24.4 Å². The van der Waals surface area contributed by atoms with E-state index in [9.17, 15) is 9.18 Å². The molecule has 0 saturated heterocycles. The molecule has 178 valence electrons. The minimum absolute atomic E-state index is 0.180. The van der Waals surface area contributed by atoms with Crippen LogP contribution in [0.5, 0.6) is 0 Å². The van der Waals surface area contributed by atoms with Crippen molar-refractivity contribution >= 4 is 11.6 Å². The van der Waals surface area contributed by atoms with Crippen molar-refractivity contribution in [3.63, 3.8) is 0 Å². The highest BCUT2D eigenvalue weighted by Gasteiger charge is 2.10. The lowest BCUT2D eigenvalue weighted by Crippen LogP contribution is -2.26. The molecule has 1 amide bonds. The fraction of sp³-hybridized carbons (Fsp3) is 0.179. The van der Waals surface area contributed by atoms with Gasteiger partial charge in [0.2, 0.25) is 0 Å². The zero-order valence-corrected chi connectivity index (χ0v) is 19.4. The van der Waals surface area contributed by atoms with Gasteiger partial charge in [-0.05, 0) is 54.4 Å². The molecule has 0 spiro atoms. The first-order chi connectivity index (χ1) is 17.1. The molecule has 2 heterocycles. The largest absolute Gasteiger partial charge is 0.384 e. The van der Waals surface area contributed by atoms with Crippen LogP contribution in [0.3, 0.4) is 0 Å². The smallest absolute Gasteiger partial charge is 0.252 e. The lowest BCUT2D eigenvalue weighted by Gasteiger charge is -2.12. The Labute approximate surface area is 204 Å². The van der Waals surface area contributed by atoms with Crippen molar-refractivity contribution in [3.05, 3.63) is 113 Å². The number of nitrogens with two attached hydrogens (primary N) is 1. The lowest BCUT2D eigenvalue weighted by atomic mass is 10.1. The maximum Gasteiger partial charge on any atom is 0.252 e. The number of nitrogens with zero attached hydrogens (tertiary/aromatic N) is 2. The minimum atomic E-state index is -0.228. The summed E-state index contributed by atoms with van der Waals surface area (Å²) >= 11 is 0. The fourth-order valence-corrected chi connectivity index (χ4v) is 3.77. The summed E-state index contributed by atoms with van der Waals surface area (Å²) in [4.78, 5) is 21.5. The second kappa shape index (κ2) is 11.9. The Morgan fingerprint density at radius 3 is 2.51 bits per heavy atom. The third-order valence-electron chi connectivity index (χ3n) is 5.59. The zero-order valence-electron chi connectivity index (χ0n) is 19.4.